The Bertz CT molecular complexity index is 407. The monoisotopic (exact) mass is 232 g/mol. The molecule has 2 saturated heterocycles. The third-order valence-electron chi connectivity index (χ3n) is 3.58. The van der Waals surface area contributed by atoms with Crippen LogP contribution < -0.4 is 10.1 Å². The maximum absolute atomic E-state index is 12.0. The number of fused-ring (bicyclic) bond motifs is 1. The van der Waals surface area contributed by atoms with E-state index in [1.54, 1.807) is 12.1 Å². The zero-order chi connectivity index (χ0) is 11.7. The van der Waals surface area contributed by atoms with Gasteiger partial charge >= 0.3 is 6.09 Å². The minimum atomic E-state index is -0.215. The Labute approximate surface area is 101 Å². The van der Waals surface area contributed by atoms with Gasteiger partial charge in [-0.1, -0.05) is 18.2 Å². The Hall–Kier alpha value is -1.55. The molecule has 3 rings (SSSR count). The normalized spacial score (nSPS) is 26.9. The zero-order valence-corrected chi connectivity index (χ0v) is 9.63. The summed E-state index contributed by atoms with van der Waals surface area (Å²) in [6.07, 6.45) is 1.86. The second-order valence-electron chi connectivity index (χ2n) is 4.58. The number of nitrogens with one attached hydrogen (secondary N) is 1. The average Bonchev–Trinajstić information content (AvgIpc) is 2.91. The molecule has 0 bridgehead atoms. The number of hydrogen-bond donors (Lipinski definition) is 1. The van der Waals surface area contributed by atoms with Gasteiger partial charge in [0.2, 0.25) is 0 Å². The first-order chi connectivity index (χ1) is 8.34. The molecule has 0 aliphatic carbocycles. The summed E-state index contributed by atoms with van der Waals surface area (Å²) in [5, 5.41) is 3.42. The maximum Gasteiger partial charge on any atom is 0.415 e. The molecule has 0 spiro atoms. The molecule has 17 heavy (non-hydrogen) atoms. The molecule has 2 fully saturated rings. The second kappa shape index (κ2) is 4.37. The molecule has 90 valence electrons. The fraction of sp³-hybridized carbons (Fsp3) is 0.462. The summed E-state index contributed by atoms with van der Waals surface area (Å²) in [5.74, 6) is 0.618. The Morgan fingerprint density at radius 1 is 1.29 bits per heavy atom. The second-order valence-corrected chi connectivity index (χ2v) is 4.58. The van der Waals surface area contributed by atoms with Crippen molar-refractivity contribution in [1.29, 1.82) is 0 Å². The van der Waals surface area contributed by atoms with Crippen LogP contribution in [-0.4, -0.2) is 36.2 Å². The molecule has 0 aromatic heterocycles. The third-order valence-corrected chi connectivity index (χ3v) is 3.58. The Morgan fingerprint density at radius 3 is 2.94 bits per heavy atom. The van der Waals surface area contributed by atoms with Gasteiger partial charge in [-0.05, 0) is 31.5 Å². The molecule has 2 heterocycles. The number of para-hydroxylation sites is 1. The van der Waals surface area contributed by atoms with Crippen molar-refractivity contribution < 1.29 is 9.53 Å². The molecule has 2 atom stereocenters. The molecule has 1 aromatic rings. The van der Waals surface area contributed by atoms with Gasteiger partial charge in [-0.15, -0.1) is 0 Å². The van der Waals surface area contributed by atoms with E-state index in [-0.39, 0.29) is 6.09 Å². The number of rotatable bonds is 1. The van der Waals surface area contributed by atoms with Crippen LogP contribution in [0.3, 0.4) is 0 Å². The van der Waals surface area contributed by atoms with Crippen molar-refractivity contribution in [2.24, 2.45) is 0 Å². The minimum Gasteiger partial charge on any atom is -0.410 e. The molecule has 1 aromatic carbocycles. The van der Waals surface area contributed by atoms with Gasteiger partial charge in [-0.3, -0.25) is 0 Å². The van der Waals surface area contributed by atoms with E-state index >= 15 is 0 Å². The lowest BCUT2D eigenvalue weighted by molar-refractivity contribution is 0.147. The van der Waals surface area contributed by atoms with Crippen LogP contribution in [0, 0.1) is 0 Å². The number of hydrogen-bond acceptors (Lipinski definition) is 3. The van der Waals surface area contributed by atoms with Crippen LogP contribution in [0.5, 0.6) is 5.75 Å². The number of carbonyl (C=O) groups excluding carboxylic acids is 1. The SMILES string of the molecule is O=C(Oc1ccccc1)N1CCC2NCCC21. The maximum atomic E-state index is 12.0. The Kier molecular flexibility index (Phi) is 2.73. The number of carbonyl (C=O) groups is 1. The van der Waals surface area contributed by atoms with E-state index < -0.39 is 0 Å². The predicted octanol–water partition coefficient (Wildman–Crippen LogP) is 1.62. The number of amides is 1. The molecule has 2 aliphatic heterocycles. The highest BCUT2D eigenvalue weighted by molar-refractivity contribution is 5.71. The van der Waals surface area contributed by atoms with Gasteiger partial charge in [0.25, 0.3) is 0 Å². The van der Waals surface area contributed by atoms with E-state index in [4.69, 9.17) is 4.74 Å². The molecule has 4 nitrogen and oxygen atoms in total. The van der Waals surface area contributed by atoms with E-state index in [2.05, 4.69) is 5.32 Å². The van der Waals surface area contributed by atoms with Crippen molar-refractivity contribution in [3.63, 3.8) is 0 Å². The van der Waals surface area contributed by atoms with E-state index in [1.807, 2.05) is 23.1 Å². The summed E-state index contributed by atoms with van der Waals surface area (Å²) in [7, 11) is 0. The van der Waals surface area contributed by atoms with Gasteiger partial charge in [0.1, 0.15) is 5.75 Å². The molecule has 1 N–H and O–H groups in total. The van der Waals surface area contributed by atoms with E-state index in [0.29, 0.717) is 17.8 Å². The van der Waals surface area contributed by atoms with Crippen LogP contribution in [0.4, 0.5) is 4.79 Å². The fourth-order valence-electron chi connectivity index (χ4n) is 2.74. The summed E-state index contributed by atoms with van der Waals surface area (Å²) >= 11 is 0. The van der Waals surface area contributed by atoms with E-state index in [0.717, 1.165) is 25.9 Å². The van der Waals surface area contributed by atoms with Crippen LogP contribution in [0.1, 0.15) is 12.8 Å². The fourth-order valence-corrected chi connectivity index (χ4v) is 2.74. The standard InChI is InChI=1S/C13H16N2O2/c16-13(17-10-4-2-1-3-5-10)15-9-7-11-12(15)6-8-14-11/h1-5,11-12,14H,6-9H2. The van der Waals surface area contributed by atoms with Gasteiger partial charge in [-0.2, -0.15) is 0 Å². The molecular weight excluding hydrogens is 216 g/mol. The van der Waals surface area contributed by atoms with E-state index in [1.165, 1.54) is 0 Å². The van der Waals surface area contributed by atoms with Gasteiger partial charge in [-0.25, -0.2) is 4.79 Å². The minimum absolute atomic E-state index is 0.215. The smallest absolute Gasteiger partial charge is 0.410 e. The van der Waals surface area contributed by atoms with Crippen LogP contribution in [0.15, 0.2) is 30.3 Å². The van der Waals surface area contributed by atoms with Gasteiger partial charge in [0.05, 0.1) is 6.04 Å². The zero-order valence-electron chi connectivity index (χ0n) is 9.63. The van der Waals surface area contributed by atoms with Crippen LogP contribution >= 0.6 is 0 Å². The van der Waals surface area contributed by atoms with E-state index in [9.17, 15) is 4.79 Å². The summed E-state index contributed by atoms with van der Waals surface area (Å²) in [4.78, 5) is 13.9. The summed E-state index contributed by atoms with van der Waals surface area (Å²) in [5.41, 5.74) is 0. The molecule has 1 amide bonds. The Morgan fingerprint density at radius 2 is 2.12 bits per heavy atom. The molecule has 4 heteroatoms. The predicted molar refractivity (Wildman–Crippen MR) is 64.0 cm³/mol. The third kappa shape index (κ3) is 2.00. The number of likely N-dealkylation sites (tertiary alicyclic amines) is 1. The molecule has 0 radical (unpaired) electrons. The van der Waals surface area contributed by atoms with Crippen molar-refractivity contribution in [2.45, 2.75) is 24.9 Å². The summed E-state index contributed by atoms with van der Waals surface area (Å²) < 4.78 is 5.37. The first-order valence-corrected chi connectivity index (χ1v) is 6.11. The highest BCUT2D eigenvalue weighted by Gasteiger charge is 2.40. The lowest BCUT2D eigenvalue weighted by Gasteiger charge is -2.22. The van der Waals surface area contributed by atoms with Crippen LogP contribution in [-0.2, 0) is 0 Å². The summed E-state index contributed by atoms with van der Waals surface area (Å²) in [6.45, 7) is 1.80. The first kappa shape index (κ1) is 10.6. The largest absolute Gasteiger partial charge is 0.415 e. The highest BCUT2D eigenvalue weighted by atomic mass is 16.6. The molecule has 0 saturated carbocycles. The molecule has 2 unspecified atom stereocenters. The lowest BCUT2D eigenvalue weighted by Crippen LogP contribution is -2.40. The number of nitrogens with zero attached hydrogens (tertiary/aromatic N) is 1. The van der Waals surface area contributed by atoms with Crippen molar-refractivity contribution in [3.05, 3.63) is 30.3 Å². The topological polar surface area (TPSA) is 41.6 Å². The summed E-state index contributed by atoms with van der Waals surface area (Å²) in [6, 6.07) is 10.0. The molecular formula is C13H16N2O2. The lowest BCUT2D eigenvalue weighted by atomic mass is 10.1. The van der Waals surface area contributed by atoms with Crippen LogP contribution in [0.2, 0.25) is 0 Å². The number of benzene rings is 1. The highest BCUT2D eigenvalue weighted by Crippen LogP contribution is 2.26. The Balaban J connectivity index is 1.67. The van der Waals surface area contributed by atoms with Gasteiger partial charge < -0.3 is 15.0 Å². The molecule has 2 aliphatic rings. The first-order valence-electron chi connectivity index (χ1n) is 6.11. The quantitative estimate of drug-likeness (QED) is 0.800. The van der Waals surface area contributed by atoms with Crippen molar-refractivity contribution in [1.82, 2.24) is 10.2 Å². The van der Waals surface area contributed by atoms with Crippen molar-refractivity contribution in [3.8, 4) is 5.75 Å². The van der Waals surface area contributed by atoms with Gasteiger partial charge in [0.15, 0.2) is 0 Å². The average molecular weight is 232 g/mol. The van der Waals surface area contributed by atoms with Crippen LogP contribution in [0.25, 0.3) is 0 Å². The van der Waals surface area contributed by atoms with Gasteiger partial charge in [0, 0.05) is 12.6 Å². The van der Waals surface area contributed by atoms with Crippen molar-refractivity contribution >= 4 is 6.09 Å². The van der Waals surface area contributed by atoms with Crippen molar-refractivity contribution in [2.75, 3.05) is 13.1 Å². The number of ether oxygens (including phenoxy) is 1.